The van der Waals surface area contributed by atoms with Crippen molar-refractivity contribution in [3.63, 3.8) is 0 Å². The van der Waals surface area contributed by atoms with Crippen LogP contribution in [0.4, 0.5) is 13.2 Å². The maximum absolute atomic E-state index is 13.3. The molecule has 1 unspecified atom stereocenters. The third-order valence-electron chi connectivity index (χ3n) is 3.81. The average Bonchev–Trinajstić information content (AvgIpc) is 3.05. The van der Waals surface area contributed by atoms with Crippen LogP contribution in [-0.2, 0) is 14.8 Å². The van der Waals surface area contributed by atoms with Gasteiger partial charge in [0.1, 0.15) is 16.6 Å². The van der Waals surface area contributed by atoms with E-state index in [9.17, 15) is 26.4 Å². The summed E-state index contributed by atoms with van der Waals surface area (Å²) in [4.78, 5) is 14.6. The van der Waals surface area contributed by atoms with Gasteiger partial charge in [-0.1, -0.05) is 0 Å². The highest BCUT2D eigenvalue weighted by molar-refractivity contribution is 7.89. The average molecular weight is 421 g/mol. The largest absolute Gasteiger partial charge is 0.464 e. The molecule has 2 rings (SSSR count). The van der Waals surface area contributed by atoms with Crippen LogP contribution in [0.25, 0.3) is 0 Å². The van der Waals surface area contributed by atoms with E-state index in [1.807, 2.05) is 4.72 Å². The number of hydrogen-bond acceptors (Lipinski definition) is 6. The van der Waals surface area contributed by atoms with Gasteiger partial charge in [0, 0.05) is 38.9 Å². The molecule has 8 nitrogen and oxygen atoms in total. The predicted molar refractivity (Wildman–Crippen MR) is 88.9 cm³/mol. The summed E-state index contributed by atoms with van der Waals surface area (Å²) in [5, 5.41) is 2.94. The minimum atomic E-state index is -4.57. The van der Waals surface area contributed by atoms with E-state index >= 15 is 0 Å². The number of hydrogen-bond donors (Lipinski definition) is 3. The molecule has 0 radical (unpaired) electrons. The smallest absolute Gasteiger partial charge is 0.405 e. The minimum absolute atomic E-state index is 0. The molecule has 0 amide bonds. The minimum Gasteiger partial charge on any atom is -0.464 e. The number of methoxy groups -OCH3 is 1. The Labute approximate surface area is 154 Å². The van der Waals surface area contributed by atoms with Crippen LogP contribution in [0.5, 0.6) is 0 Å². The number of rotatable bonds is 6. The molecule has 1 aliphatic rings. The molecule has 0 bridgehead atoms. The summed E-state index contributed by atoms with van der Waals surface area (Å²) in [5.74, 6) is -0.782. The third kappa shape index (κ3) is 5.58. The zero-order valence-electron chi connectivity index (χ0n) is 13.8. The molecule has 3 N–H and O–H groups in total. The van der Waals surface area contributed by atoms with Crippen LogP contribution in [0.15, 0.2) is 17.2 Å². The molecule has 1 aromatic heterocycles. The highest BCUT2D eigenvalue weighted by Crippen LogP contribution is 2.25. The molecular formula is C13H20ClF3N4O4S. The summed E-state index contributed by atoms with van der Waals surface area (Å²) in [6, 6.07) is -0.926. The van der Waals surface area contributed by atoms with Crippen molar-refractivity contribution in [2.24, 2.45) is 0 Å². The maximum atomic E-state index is 13.3. The Morgan fingerprint density at radius 2 is 2.00 bits per heavy atom. The van der Waals surface area contributed by atoms with Gasteiger partial charge in [-0.15, -0.1) is 12.4 Å². The van der Waals surface area contributed by atoms with Gasteiger partial charge in [-0.05, 0) is 6.07 Å². The van der Waals surface area contributed by atoms with Crippen molar-refractivity contribution >= 4 is 28.4 Å². The normalized spacial score (nSPS) is 17.4. The van der Waals surface area contributed by atoms with E-state index in [-0.39, 0.29) is 36.1 Å². The van der Waals surface area contributed by atoms with E-state index < -0.39 is 34.8 Å². The van der Waals surface area contributed by atoms with Crippen molar-refractivity contribution in [2.75, 3.05) is 39.8 Å². The van der Waals surface area contributed by atoms with E-state index in [2.05, 4.69) is 15.0 Å². The Morgan fingerprint density at radius 3 is 2.54 bits per heavy atom. The number of carbonyl (C=O) groups excluding carboxylic acids is 1. The van der Waals surface area contributed by atoms with Gasteiger partial charge in [0.2, 0.25) is 10.0 Å². The Balaban J connectivity index is 0.00000338. The number of sulfonamides is 1. The Morgan fingerprint density at radius 1 is 1.38 bits per heavy atom. The Bertz CT molecular complexity index is 704. The number of nitrogens with one attached hydrogen (secondary N) is 3. The summed E-state index contributed by atoms with van der Waals surface area (Å²) in [7, 11) is -3.08. The van der Waals surface area contributed by atoms with Crippen molar-refractivity contribution in [3.05, 3.63) is 18.0 Å². The SMILES string of the molecule is COC(=O)c1cc(S(=O)(=O)NCC(N2CCNCC2)C(F)(F)F)c[nH]1.Cl. The monoisotopic (exact) mass is 420 g/mol. The number of alkyl halides is 3. The van der Waals surface area contributed by atoms with Gasteiger partial charge in [0.15, 0.2) is 0 Å². The van der Waals surface area contributed by atoms with Gasteiger partial charge in [0.25, 0.3) is 0 Å². The van der Waals surface area contributed by atoms with Crippen molar-refractivity contribution in [3.8, 4) is 0 Å². The molecule has 1 aromatic rings. The summed E-state index contributed by atoms with van der Waals surface area (Å²) >= 11 is 0. The quantitative estimate of drug-likeness (QED) is 0.573. The molecular weight excluding hydrogens is 401 g/mol. The van der Waals surface area contributed by atoms with Gasteiger partial charge in [-0.25, -0.2) is 17.9 Å². The third-order valence-corrected chi connectivity index (χ3v) is 5.21. The molecule has 1 fully saturated rings. The molecule has 0 aliphatic carbocycles. The number of aromatic amines is 1. The molecule has 1 aliphatic heterocycles. The zero-order chi connectivity index (χ0) is 18.7. The number of halogens is 4. The Kier molecular flexibility index (Phi) is 7.89. The summed E-state index contributed by atoms with van der Waals surface area (Å²) in [5.41, 5.74) is -0.114. The number of H-pyrrole nitrogens is 1. The molecule has 26 heavy (non-hydrogen) atoms. The predicted octanol–water partition coefficient (Wildman–Crippen LogP) is 0.338. The summed E-state index contributed by atoms with van der Waals surface area (Å²) < 4.78 is 70.6. The first-order chi connectivity index (χ1) is 11.6. The molecule has 150 valence electrons. The second kappa shape index (κ2) is 9.04. The van der Waals surface area contributed by atoms with Gasteiger partial charge in [-0.3, -0.25) is 4.90 Å². The molecule has 0 spiro atoms. The van der Waals surface area contributed by atoms with Gasteiger partial charge < -0.3 is 15.0 Å². The lowest BCUT2D eigenvalue weighted by molar-refractivity contribution is -0.182. The highest BCUT2D eigenvalue weighted by atomic mass is 35.5. The summed E-state index contributed by atoms with van der Waals surface area (Å²) in [6.07, 6.45) is -3.56. The van der Waals surface area contributed by atoms with Gasteiger partial charge >= 0.3 is 12.1 Å². The topological polar surface area (TPSA) is 104 Å². The molecule has 0 saturated carbocycles. The number of esters is 1. The van der Waals surface area contributed by atoms with Crippen LogP contribution >= 0.6 is 12.4 Å². The lowest BCUT2D eigenvalue weighted by Crippen LogP contribution is -2.57. The van der Waals surface area contributed by atoms with Crippen LogP contribution < -0.4 is 10.0 Å². The first-order valence-electron chi connectivity index (χ1n) is 7.43. The number of carbonyl (C=O) groups is 1. The van der Waals surface area contributed by atoms with Crippen molar-refractivity contribution in [2.45, 2.75) is 17.1 Å². The fraction of sp³-hybridized carbons (Fsp3) is 0.615. The van der Waals surface area contributed by atoms with Crippen LogP contribution in [0.1, 0.15) is 10.5 Å². The van der Waals surface area contributed by atoms with Crippen LogP contribution in [0.2, 0.25) is 0 Å². The molecule has 1 saturated heterocycles. The van der Waals surface area contributed by atoms with E-state index in [4.69, 9.17) is 0 Å². The summed E-state index contributed by atoms with van der Waals surface area (Å²) in [6.45, 7) is 0.328. The first kappa shape index (κ1) is 22.7. The molecule has 0 aromatic carbocycles. The van der Waals surface area contributed by atoms with E-state index in [1.54, 1.807) is 0 Å². The fourth-order valence-electron chi connectivity index (χ4n) is 2.48. The standard InChI is InChI=1S/C13H19F3N4O4S.ClH/c1-24-12(21)10-6-9(7-18-10)25(22,23)19-8-11(13(14,15)16)20-4-2-17-3-5-20;/h6-7,11,17-19H,2-5,8H2,1H3;1H. The maximum Gasteiger partial charge on any atom is 0.405 e. The first-order valence-corrected chi connectivity index (χ1v) is 8.91. The number of piperazine rings is 1. The van der Waals surface area contributed by atoms with Crippen molar-refractivity contribution < 1.29 is 31.1 Å². The van der Waals surface area contributed by atoms with Crippen molar-refractivity contribution in [1.29, 1.82) is 0 Å². The van der Waals surface area contributed by atoms with Crippen LogP contribution in [0.3, 0.4) is 0 Å². The second-order valence-electron chi connectivity index (χ2n) is 5.44. The van der Waals surface area contributed by atoms with E-state index in [0.717, 1.165) is 19.4 Å². The second-order valence-corrected chi connectivity index (χ2v) is 7.20. The van der Waals surface area contributed by atoms with Gasteiger partial charge in [-0.2, -0.15) is 13.2 Å². The molecule has 13 heteroatoms. The lowest BCUT2D eigenvalue weighted by Gasteiger charge is -2.35. The van der Waals surface area contributed by atoms with Crippen molar-refractivity contribution in [1.82, 2.24) is 19.9 Å². The highest BCUT2D eigenvalue weighted by Gasteiger charge is 2.44. The van der Waals surface area contributed by atoms with E-state index in [0.29, 0.717) is 13.1 Å². The lowest BCUT2D eigenvalue weighted by atomic mass is 10.2. The number of ether oxygens (including phenoxy) is 1. The number of nitrogens with zero attached hydrogens (tertiary/aromatic N) is 1. The van der Waals surface area contributed by atoms with Gasteiger partial charge in [0.05, 0.1) is 7.11 Å². The molecule has 1 atom stereocenters. The van der Waals surface area contributed by atoms with Crippen LogP contribution in [-0.4, -0.2) is 76.3 Å². The van der Waals surface area contributed by atoms with Crippen LogP contribution in [0, 0.1) is 0 Å². The molecule has 2 heterocycles. The zero-order valence-corrected chi connectivity index (χ0v) is 15.4. The number of aromatic nitrogens is 1. The fourth-order valence-corrected chi connectivity index (χ4v) is 3.51. The van der Waals surface area contributed by atoms with E-state index in [1.165, 1.54) is 4.90 Å². The Hall–Kier alpha value is -1.34.